The SMILES string of the molecule is COCC(C(C)C)N(C)CC1CCCNC1. The van der Waals surface area contributed by atoms with Gasteiger partial charge in [0.15, 0.2) is 0 Å². The molecule has 2 atom stereocenters. The lowest BCUT2D eigenvalue weighted by Gasteiger charge is -2.34. The smallest absolute Gasteiger partial charge is 0.0620 e. The highest BCUT2D eigenvalue weighted by atomic mass is 16.5. The zero-order valence-corrected chi connectivity index (χ0v) is 11.3. The number of nitrogens with zero attached hydrogens (tertiary/aromatic N) is 1. The van der Waals surface area contributed by atoms with Crippen LogP contribution in [0.4, 0.5) is 0 Å². The van der Waals surface area contributed by atoms with E-state index in [9.17, 15) is 0 Å². The molecule has 3 nitrogen and oxygen atoms in total. The maximum Gasteiger partial charge on any atom is 0.0620 e. The third kappa shape index (κ3) is 4.40. The third-order valence-corrected chi connectivity index (χ3v) is 3.62. The molecule has 0 bridgehead atoms. The number of ether oxygens (including phenoxy) is 1. The molecular weight excluding hydrogens is 200 g/mol. The van der Waals surface area contributed by atoms with Crippen molar-refractivity contribution in [2.45, 2.75) is 32.7 Å². The highest BCUT2D eigenvalue weighted by Crippen LogP contribution is 2.15. The molecule has 1 aliphatic rings. The number of hydrogen-bond acceptors (Lipinski definition) is 3. The summed E-state index contributed by atoms with van der Waals surface area (Å²) in [6.45, 7) is 8.97. The minimum absolute atomic E-state index is 0.548. The lowest BCUT2D eigenvalue weighted by atomic mass is 9.97. The maximum absolute atomic E-state index is 5.32. The quantitative estimate of drug-likeness (QED) is 0.747. The van der Waals surface area contributed by atoms with E-state index in [1.807, 2.05) is 0 Å². The van der Waals surface area contributed by atoms with Gasteiger partial charge in [-0.25, -0.2) is 0 Å². The van der Waals surface area contributed by atoms with Crippen LogP contribution < -0.4 is 5.32 Å². The van der Waals surface area contributed by atoms with Gasteiger partial charge in [0, 0.05) is 19.7 Å². The van der Waals surface area contributed by atoms with Crippen molar-refractivity contribution in [3.8, 4) is 0 Å². The second-order valence-electron chi connectivity index (χ2n) is 5.42. The van der Waals surface area contributed by atoms with E-state index in [0.717, 1.165) is 12.5 Å². The maximum atomic E-state index is 5.32. The molecule has 0 aliphatic carbocycles. The number of methoxy groups -OCH3 is 1. The summed E-state index contributed by atoms with van der Waals surface area (Å²) < 4.78 is 5.32. The van der Waals surface area contributed by atoms with Crippen molar-refractivity contribution in [2.75, 3.05) is 40.4 Å². The van der Waals surface area contributed by atoms with Gasteiger partial charge in [-0.15, -0.1) is 0 Å². The highest BCUT2D eigenvalue weighted by molar-refractivity contribution is 4.77. The minimum Gasteiger partial charge on any atom is -0.383 e. The number of rotatable bonds is 6. The fourth-order valence-electron chi connectivity index (χ4n) is 2.62. The van der Waals surface area contributed by atoms with Crippen molar-refractivity contribution in [2.24, 2.45) is 11.8 Å². The first-order valence-corrected chi connectivity index (χ1v) is 6.55. The fraction of sp³-hybridized carbons (Fsp3) is 1.00. The van der Waals surface area contributed by atoms with Gasteiger partial charge in [0.25, 0.3) is 0 Å². The predicted molar refractivity (Wildman–Crippen MR) is 68.7 cm³/mol. The number of piperidine rings is 1. The van der Waals surface area contributed by atoms with E-state index in [0.29, 0.717) is 12.0 Å². The van der Waals surface area contributed by atoms with Gasteiger partial charge < -0.3 is 15.0 Å². The molecular formula is C13H28N2O. The van der Waals surface area contributed by atoms with Crippen LogP contribution in [0.15, 0.2) is 0 Å². The Kier molecular flexibility index (Phi) is 6.32. The second kappa shape index (κ2) is 7.25. The van der Waals surface area contributed by atoms with Gasteiger partial charge >= 0.3 is 0 Å². The summed E-state index contributed by atoms with van der Waals surface area (Å²) in [4.78, 5) is 2.48. The Morgan fingerprint density at radius 1 is 1.44 bits per heavy atom. The van der Waals surface area contributed by atoms with Gasteiger partial charge in [-0.05, 0) is 44.8 Å². The van der Waals surface area contributed by atoms with Gasteiger partial charge in [0.1, 0.15) is 0 Å². The molecule has 96 valence electrons. The van der Waals surface area contributed by atoms with Crippen molar-refractivity contribution < 1.29 is 4.74 Å². The molecule has 1 aliphatic heterocycles. The van der Waals surface area contributed by atoms with Gasteiger partial charge in [-0.1, -0.05) is 13.8 Å². The fourth-order valence-corrected chi connectivity index (χ4v) is 2.62. The summed E-state index contributed by atoms with van der Waals surface area (Å²) >= 11 is 0. The Morgan fingerprint density at radius 3 is 2.69 bits per heavy atom. The van der Waals surface area contributed by atoms with Crippen molar-refractivity contribution in [1.29, 1.82) is 0 Å². The largest absolute Gasteiger partial charge is 0.383 e. The van der Waals surface area contributed by atoms with E-state index >= 15 is 0 Å². The Balaban J connectivity index is 2.37. The molecule has 0 aromatic heterocycles. The number of hydrogen-bond donors (Lipinski definition) is 1. The van der Waals surface area contributed by atoms with E-state index in [1.54, 1.807) is 7.11 Å². The highest BCUT2D eigenvalue weighted by Gasteiger charge is 2.22. The molecule has 1 N–H and O–H groups in total. The van der Waals surface area contributed by atoms with E-state index in [1.165, 1.54) is 32.5 Å². The average molecular weight is 228 g/mol. The van der Waals surface area contributed by atoms with Crippen molar-refractivity contribution in [3.05, 3.63) is 0 Å². The molecule has 16 heavy (non-hydrogen) atoms. The van der Waals surface area contributed by atoms with Crippen molar-refractivity contribution in [1.82, 2.24) is 10.2 Å². The van der Waals surface area contributed by atoms with Crippen LogP contribution in [0.3, 0.4) is 0 Å². The molecule has 1 rings (SSSR count). The molecule has 1 fully saturated rings. The third-order valence-electron chi connectivity index (χ3n) is 3.62. The first kappa shape index (κ1) is 13.9. The van der Waals surface area contributed by atoms with Crippen LogP contribution in [-0.4, -0.2) is 51.3 Å². The Labute approximate surface area is 101 Å². The molecule has 0 radical (unpaired) electrons. The first-order chi connectivity index (χ1) is 7.65. The molecule has 0 spiro atoms. The van der Waals surface area contributed by atoms with Crippen molar-refractivity contribution in [3.63, 3.8) is 0 Å². The van der Waals surface area contributed by atoms with Crippen LogP contribution in [0.5, 0.6) is 0 Å². The van der Waals surface area contributed by atoms with Crippen LogP contribution in [0.1, 0.15) is 26.7 Å². The molecule has 2 unspecified atom stereocenters. The van der Waals surface area contributed by atoms with Gasteiger partial charge in [0.05, 0.1) is 6.61 Å². The zero-order chi connectivity index (χ0) is 12.0. The van der Waals surface area contributed by atoms with E-state index in [4.69, 9.17) is 4.74 Å². The summed E-state index contributed by atoms with van der Waals surface area (Å²) in [7, 11) is 4.03. The summed E-state index contributed by atoms with van der Waals surface area (Å²) in [6.07, 6.45) is 2.70. The summed E-state index contributed by atoms with van der Waals surface area (Å²) in [5.41, 5.74) is 0. The summed E-state index contributed by atoms with van der Waals surface area (Å²) in [6, 6.07) is 0.548. The van der Waals surface area contributed by atoms with Gasteiger partial charge in [-0.2, -0.15) is 0 Å². The van der Waals surface area contributed by atoms with Crippen LogP contribution >= 0.6 is 0 Å². The standard InChI is InChI=1S/C13H28N2O/c1-11(2)13(10-16-4)15(3)9-12-6-5-7-14-8-12/h11-14H,5-10H2,1-4H3. The molecule has 1 saturated heterocycles. The summed E-state index contributed by atoms with van der Waals surface area (Å²) in [5.74, 6) is 1.47. The molecule has 0 aromatic carbocycles. The van der Waals surface area contributed by atoms with Crippen molar-refractivity contribution >= 4 is 0 Å². The van der Waals surface area contributed by atoms with Crippen LogP contribution in [0.2, 0.25) is 0 Å². The van der Waals surface area contributed by atoms with Crippen LogP contribution in [-0.2, 0) is 4.74 Å². The minimum atomic E-state index is 0.548. The molecule has 0 amide bonds. The molecule has 0 aromatic rings. The molecule has 1 heterocycles. The normalized spacial score (nSPS) is 24.0. The second-order valence-corrected chi connectivity index (χ2v) is 5.42. The lowest BCUT2D eigenvalue weighted by molar-refractivity contribution is 0.0682. The predicted octanol–water partition coefficient (Wildman–Crippen LogP) is 1.59. The Hall–Kier alpha value is -0.120. The summed E-state index contributed by atoms with van der Waals surface area (Å²) in [5, 5.41) is 3.48. The Bertz CT molecular complexity index is 179. The number of likely N-dealkylation sites (N-methyl/N-ethyl adjacent to an activating group) is 1. The monoisotopic (exact) mass is 228 g/mol. The lowest BCUT2D eigenvalue weighted by Crippen LogP contribution is -2.44. The number of nitrogens with one attached hydrogen (secondary N) is 1. The topological polar surface area (TPSA) is 24.5 Å². The van der Waals surface area contributed by atoms with Gasteiger partial charge in [-0.3, -0.25) is 0 Å². The van der Waals surface area contributed by atoms with Crippen LogP contribution in [0, 0.1) is 11.8 Å². The average Bonchev–Trinajstić information content (AvgIpc) is 2.26. The van der Waals surface area contributed by atoms with Gasteiger partial charge in [0.2, 0.25) is 0 Å². The molecule has 0 saturated carbocycles. The van der Waals surface area contributed by atoms with Crippen LogP contribution in [0.25, 0.3) is 0 Å². The Morgan fingerprint density at radius 2 is 2.19 bits per heavy atom. The van der Waals surface area contributed by atoms with E-state index < -0.39 is 0 Å². The first-order valence-electron chi connectivity index (χ1n) is 6.55. The zero-order valence-electron chi connectivity index (χ0n) is 11.3. The van der Waals surface area contributed by atoms with E-state index in [2.05, 4.69) is 31.1 Å². The van der Waals surface area contributed by atoms with E-state index in [-0.39, 0.29) is 0 Å². The molecule has 3 heteroatoms.